The molecule has 1 aromatic heterocycles. The van der Waals surface area contributed by atoms with E-state index in [1.807, 2.05) is 79.7 Å². The molecule has 4 aromatic rings. The number of fused-ring (bicyclic) bond motifs is 1. The number of benzene rings is 3. The van der Waals surface area contributed by atoms with E-state index in [1.54, 1.807) is 0 Å². The van der Waals surface area contributed by atoms with Crippen molar-refractivity contribution in [3.63, 3.8) is 0 Å². The van der Waals surface area contributed by atoms with E-state index in [9.17, 15) is 9.90 Å². The molecule has 134 valence electrons. The van der Waals surface area contributed by atoms with Crippen molar-refractivity contribution in [1.82, 2.24) is 4.98 Å². The van der Waals surface area contributed by atoms with Gasteiger partial charge in [0, 0.05) is 10.9 Å². The highest BCUT2D eigenvalue weighted by atomic mass is 16.5. The van der Waals surface area contributed by atoms with E-state index in [-0.39, 0.29) is 6.42 Å². The van der Waals surface area contributed by atoms with Gasteiger partial charge < -0.3 is 14.8 Å². The van der Waals surface area contributed by atoms with Crippen LogP contribution in [-0.4, -0.2) is 16.1 Å². The lowest BCUT2D eigenvalue weighted by Crippen LogP contribution is -2.01. The minimum atomic E-state index is -0.862. The van der Waals surface area contributed by atoms with Gasteiger partial charge in [-0.2, -0.15) is 0 Å². The number of aliphatic carboxylic acids is 1. The largest absolute Gasteiger partial charge is 0.481 e. The van der Waals surface area contributed by atoms with Gasteiger partial charge in [-0.15, -0.1) is 0 Å². The van der Waals surface area contributed by atoms with E-state index in [1.165, 1.54) is 0 Å². The van der Waals surface area contributed by atoms with Crippen LogP contribution in [0.25, 0.3) is 22.2 Å². The fourth-order valence-corrected chi connectivity index (χ4v) is 3.22. The lowest BCUT2D eigenvalue weighted by Gasteiger charge is -2.06. The number of carboxylic acid groups (broad SMARTS) is 1. The molecular formula is C23H19NO3. The average molecular weight is 357 g/mol. The number of ether oxygens (including phenoxy) is 1. The Kier molecular flexibility index (Phi) is 4.38. The summed E-state index contributed by atoms with van der Waals surface area (Å²) in [6.45, 7) is 2.03. The number of nitrogens with one attached hydrogen (secondary N) is 1. The Balaban J connectivity index is 1.81. The fourth-order valence-electron chi connectivity index (χ4n) is 3.22. The third kappa shape index (κ3) is 3.55. The molecule has 2 N–H and O–H groups in total. The van der Waals surface area contributed by atoms with Crippen molar-refractivity contribution in [2.45, 2.75) is 13.3 Å². The monoisotopic (exact) mass is 357 g/mol. The summed E-state index contributed by atoms with van der Waals surface area (Å²) in [5, 5.41) is 10.3. The van der Waals surface area contributed by atoms with Gasteiger partial charge in [-0.25, -0.2) is 0 Å². The summed E-state index contributed by atoms with van der Waals surface area (Å²) in [5.41, 5.74) is 4.62. The van der Waals surface area contributed by atoms with E-state index in [0.29, 0.717) is 5.75 Å². The Hall–Kier alpha value is -3.53. The molecule has 0 aliphatic carbocycles. The minimum Gasteiger partial charge on any atom is -0.481 e. The van der Waals surface area contributed by atoms with Crippen LogP contribution in [0.15, 0.2) is 72.8 Å². The summed E-state index contributed by atoms with van der Waals surface area (Å²) in [6.07, 6.45) is -0.0575. The molecule has 0 saturated carbocycles. The number of hydrogen-bond donors (Lipinski definition) is 2. The standard InChI is InChI=1S/C23H19NO3/c1-15-7-9-16(10-8-15)23-20(14-22(25)26)19-13-18(11-12-21(19)24-23)27-17-5-3-2-4-6-17/h2-13,24H,14H2,1H3,(H,25,26). The number of para-hydroxylation sites is 1. The van der Waals surface area contributed by atoms with Crippen LogP contribution in [0.4, 0.5) is 0 Å². The highest BCUT2D eigenvalue weighted by Crippen LogP contribution is 2.34. The van der Waals surface area contributed by atoms with Crippen molar-refractivity contribution in [2.24, 2.45) is 0 Å². The maximum atomic E-state index is 11.5. The van der Waals surface area contributed by atoms with E-state index in [2.05, 4.69) is 4.98 Å². The van der Waals surface area contributed by atoms with Gasteiger partial charge in [0.1, 0.15) is 11.5 Å². The first-order valence-corrected chi connectivity index (χ1v) is 8.76. The summed E-state index contributed by atoms with van der Waals surface area (Å²) >= 11 is 0. The quantitative estimate of drug-likeness (QED) is 0.491. The summed E-state index contributed by atoms with van der Waals surface area (Å²) in [7, 11) is 0. The van der Waals surface area contributed by atoms with Crippen molar-refractivity contribution < 1.29 is 14.6 Å². The summed E-state index contributed by atoms with van der Waals surface area (Å²) < 4.78 is 5.92. The maximum absolute atomic E-state index is 11.5. The molecule has 0 aliphatic rings. The molecule has 0 spiro atoms. The van der Waals surface area contributed by atoms with Gasteiger partial charge in [0.2, 0.25) is 0 Å². The van der Waals surface area contributed by atoms with Crippen molar-refractivity contribution >= 4 is 16.9 Å². The Morgan fingerprint density at radius 1 is 0.963 bits per heavy atom. The first-order chi connectivity index (χ1) is 13.1. The van der Waals surface area contributed by atoms with Crippen LogP contribution in [0.3, 0.4) is 0 Å². The molecule has 0 aliphatic heterocycles. The SMILES string of the molecule is Cc1ccc(-c2[nH]c3ccc(Oc4ccccc4)cc3c2CC(=O)O)cc1. The Morgan fingerprint density at radius 3 is 2.41 bits per heavy atom. The lowest BCUT2D eigenvalue weighted by atomic mass is 10.0. The molecule has 0 fully saturated rings. The lowest BCUT2D eigenvalue weighted by molar-refractivity contribution is -0.136. The van der Waals surface area contributed by atoms with Gasteiger partial charge in [0.05, 0.1) is 12.1 Å². The average Bonchev–Trinajstić information content (AvgIpc) is 3.01. The molecule has 0 saturated heterocycles. The maximum Gasteiger partial charge on any atom is 0.307 e. The number of aromatic amines is 1. The fraction of sp³-hybridized carbons (Fsp3) is 0.0870. The van der Waals surface area contributed by atoms with Crippen molar-refractivity contribution in [1.29, 1.82) is 0 Å². The van der Waals surface area contributed by atoms with E-state index < -0.39 is 5.97 Å². The second-order valence-electron chi connectivity index (χ2n) is 6.54. The number of hydrogen-bond acceptors (Lipinski definition) is 2. The molecule has 0 atom stereocenters. The van der Waals surface area contributed by atoms with Gasteiger partial charge in [0.15, 0.2) is 0 Å². The minimum absolute atomic E-state index is 0.0575. The zero-order valence-corrected chi connectivity index (χ0v) is 14.9. The van der Waals surface area contributed by atoms with Gasteiger partial charge in [0.25, 0.3) is 0 Å². The number of rotatable bonds is 5. The molecule has 4 heteroatoms. The molecular weight excluding hydrogens is 338 g/mol. The van der Waals surface area contributed by atoms with E-state index in [0.717, 1.165) is 39.0 Å². The van der Waals surface area contributed by atoms with Crippen LogP contribution in [0, 0.1) is 6.92 Å². The normalized spacial score (nSPS) is 10.9. The molecule has 1 heterocycles. The van der Waals surface area contributed by atoms with Crippen LogP contribution in [0.5, 0.6) is 11.5 Å². The van der Waals surface area contributed by atoms with E-state index >= 15 is 0 Å². The number of H-pyrrole nitrogens is 1. The zero-order chi connectivity index (χ0) is 18.8. The first-order valence-electron chi connectivity index (χ1n) is 8.76. The van der Waals surface area contributed by atoms with Crippen LogP contribution in [0.2, 0.25) is 0 Å². The highest BCUT2D eigenvalue weighted by Gasteiger charge is 2.16. The number of aryl methyl sites for hydroxylation is 1. The topological polar surface area (TPSA) is 62.3 Å². The van der Waals surface area contributed by atoms with Crippen LogP contribution in [-0.2, 0) is 11.2 Å². The van der Waals surface area contributed by atoms with Crippen LogP contribution < -0.4 is 4.74 Å². The number of carbonyl (C=O) groups is 1. The van der Waals surface area contributed by atoms with Crippen molar-refractivity contribution in [3.8, 4) is 22.8 Å². The Morgan fingerprint density at radius 2 is 1.70 bits per heavy atom. The molecule has 0 radical (unpaired) electrons. The van der Waals surface area contributed by atoms with E-state index in [4.69, 9.17) is 4.74 Å². The third-order valence-electron chi connectivity index (χ3n) is 4.52. The first kappa shape index (κ1) is 16.9. The van der Waals surface area contributed by atoms with Crippen molar-refractivity contribution in [2.75, 3.05) is 0 Å². The molecule has 4 nitrogen and oxygen atoms in total. The van der Waals surface area contributed by atoms with Gasteiger partial charge in [-0.1, -0.05) is 48.0 Å². The van der Waals surface area contributed by atoms with Crippen molar-refractivity contribution in [3.05, 3.63) is 83.9 Å². The van der Waals surface area contributed by atoms with Gasteiger partial charge in [-0.3, -0.25) is 4.79 Å². The third-order valence-corrected chi connectivity index (χ3v) is 4.52. The molecule has 3 aromatic carbocycles. The number of carboxylic acids is 1. The zero-order valence-electron chi connectivity index (χ0n) is 14.9. The Bertz CT molecular complexity index is 1100. The second kappa shape index (κ2) is 7.00. The predicted molar refractivity (Wildman–Crippen MR) is 106 cm³/mol. The van der Waals surface area contributed by atoms with Crippen LogP contribution in [0.1, 0.15) is 11.1 Å². The molecule has 0 unspecified atom stereocenters. The van der Waals surface area contributed by atoms with Crippen LogP contribution >= 0.6 is 0 Å². The molecule has 0 bridgehead atoms. The molecule has 0 amide bonds. The second-order valence-corrected chi connectivity index (χ2v) is 6.54. The summed E-state index contributed by atoms with van der Waals surface area (Å²) in [6, 6.07) is 23.3. The van der Waals surface area contributed by atoms with Gasteiger partial charge >= 0.3 is 5.97 Å². The number of aromatic nitrogens is 1. The Labute approximate surface area is 157 Å². The highest BCUT2D eigenvalue weighted by molar-refractivity contribution is 5.94. The summed E-state index contributed by atoms with van der Waals surface area (Å²) in [5.74, 6) is 0.555. The predicted octanol–water partition coefficient (Wildman–Crippen LogP) is 5.56. The summed E-state index contributed by atoms with van der Waals surface area (Å²) in [4.78, 5) is 14.9. The van der Waals surface area contributed by atoms with Gasteiger partial charge in [-0.05, 0) is 48.4 Å². The molecule has 4 rings (SSSR count). The smallest absolute Gasteiger partial charge is 0.307 e. The molecule has 27 heavy (non-hydrogen) atoms.